The molecule has 0 aliphatic rings. The molecule has 0 saturated carbocycles. The lowest BCUT2D eigenvalue weighted by Crippen LogP contribution is -1.98. The fourth-order valence-corrected chi connectivity index (χ4v) is 1.18. The quantitative estimate of drug-likeness (QED) is 0.575. The van der Waals surface area contributed by atoms with E-state index in [1.165, 1.54) is 0 Å². The zero-order valence-corrected chi connectivity index (χ0v) is 9.78. The van der Waals surface area contributed by atoms with Gasteiger partial charge in [0.15, 0.2) is 0 Å². The molecule has 5 heteroatoms. The highest BCUT2D eigenvalue weighted by molar-refractivity contribution is 5.66. The van der Waals surface area contributed by atoms with E-state index in [9.17, 15) is 9.59 Å². The van der Waals surface area contributed by atoms with Crippen LogP contribution in [0.1, 0.15) is 38.5 Å². The maximum Gasteiger partial charge on any atom is 0.303 e. The van der Waals surface area contributed by atoms with Gasteiger partial charge in [0.2, 0.25) is 0 Å². The molecule has 0 bridgehead atoms. The maximum absolute atomic E-state index is 10.3. The summed E-state index contributed by atoms with van der Waals surface area (Å²) >= 11 is 0. The van der Waals surface area contributed by atoms with Gasteiger partial charge in [0.1, 0.15) is 0 Å². The number of carboxylic acid groups (broad SMARTS) is 2. The van der Waals surface area contributed by atoms with Gasteiger partial charge >= 0.3 is 11.9 Å². The van der Waals surface area contributed by atoms with Crippen molar-refractivity contribution in [2.75, 3.05) is 0 Å². The molecule has 96 valence electrons. The van der Waals surface area contributed by atoms with E-state index in [0.717, 1.165) is 0 Å². The minimum Gasteiger partial charge on any atom is -0.481 e. The summed E-state index contributed by atoms with van der Waals surface area (Å²) in [6, 6.07) is 0. The standard InChI is InChI=1S/C12H18O5/c1-9(5-3-7-11(13)14)17-10(2)6-4-8-12(15)16/h1-8H2,(H,13,14)(H,15,16). The molecule has 0 aromatic rings. The monoisotopic (exact) mass is 242 g/mol. The van der Waals surface area contributed by atoms with Crippen LogP contribution < -0.4 is 0 Å². The molecule has 0 heterocycles. The average molecular weight is 242 g/mol. The number of ether oxygens (including phenoxy) is 1. The predicted octanol–water partition coefficient (Wildman–Crippen LogP) is 2.54. The highest BCUT2D eigenvalue weighted by Gasteiger charge is 2.04. The average Bonchev–Trinajstić information content (AvgIpc) is 2.15. The molecular formula is C12H18O5. The van der Waals surface area contributed by atoms with Crippen molar-refractivity contribution in [1.82, 2.24) is 0 Å². The second kappa shape index (κ2) is 8.38. The number of carbonyl (C=O) groups is 2. The third-order valence-corrected chi connectivity index (χ3v) is 1.98. The van der Waals surface area contributed by atoms with Crippen LogP contribution in [0.5, 0.6) is 0 Å². The van der Waals surface area contributed by atoms with Crippen LogP contribution in [-0.4, -0.2) is 22.2 Å². The molecule has 0 amide bonds. The minimum absolute atomic E-state index is 0.0773. The Kier molecular flexibility index (Phi) is 7.50. The summed E-state index contributed by atoms with van der Waals surface area (Å²) in [7, 11) is 0. The summed E-state index contributed by atoms with van der Waals surface area (Å²) in [5, 5.41) is 16.9. The van der Waals surface area contributed by atoms with Gasteiger partial charge in [-0.05, 0) is 12.8 Å². The normalized spacial score (nSPS) is 9.65. The van der Waals surface area contributed by atoms with E-state index in [2.05, 4.69) is 13.2 Å². The van der Waals surface area contributed by atoms with Crippen LogP contribution >= 0.6 is 0 Å². The summed E-state index contributed by atoms with van der Waals surface area (Å²) in [5.74, 6) is -0.769. The zero-order valence-electron chi connectivity index (χ0n) is 9.78. The summed E-state index contributed by atoms with van der Waals surface area (Å²) in [6.45, 7) is 7.28. The molecule has 0 atom stereocenters. The van der Waals surface area contributed by atoms with Gasteiger partial charge in [-0.1, -0.05) is 13.2 Å². The van der Waals surface area contributed by atoms with Gasteiger partial charge in [-0.2, -0.15) is 0 Å². The molecule has 0 aliphatic heterocycles. The van der Waals surface area contributed by atoms with Crippen molar-refractivity contribution < 1.29 is 24.5 Å². The van der Waals surface area contributed by atoms with Crippen LogP contribution in [0.4, 0.5) is 0 Å². The van der Waals surface area contributed by atoms with Gasteiger partial charge in [-0.15, -0.1) is 0 Å². The Hall–Kier alpha value is -1.78. The van der Waals surface area contributed by atoms with Crippen molar-refractivity contribution in [3.8, 4) is 0 Å². The minimum atomic E-state index is -0.849. The Labute approximate surface area is 100 Å². The number of hydrogen-bond donors (Lipinski definition) is 2. The highest BCUT2D eigenvalue weighted by Crippen LogP contribution is 2.14. The number of carboxylic acids is 2. The van der Waals surface area contributed by atoms with Crippen molar-refractivity contribution >= 4 is 11.9 Å². The predicted molar refractivity (Wildman–Crippen MR) is 62.3 cm³/mol. The Morgan fingerprint density at radius 2 is 1.18 bits per heavy atom. The second-order valence-corrected chi connectivity index (χ2v) is 3.67. The Morgan fingerprint density at radius 3 is 1.47 bits per heavy atom. The second-order valence-electron chi connectivity index (χ2n) is 3.67. The molecule has 0 aromatic heterocycles. The fraction of sp³-hybridized carbons (Fsp3) is 0.500. The van der Waals surface area contributed by atoms with Crippen LogP contribution in [0.15, 0.2) is 24.7 Å². The molecular weight excluding hydrogens is 224 g/mol. The van der Waals surface area contributed by atoms with Crippen molar-refractivity contribution in [1.29, 1.82) is 0 Å². The molecule has 0 saturated heterocycles. The number of aliphatic carboxylic acids is 2. The van der Waals surface area contributed by atoms with Crippen molar-refractivity contribution in [2.24, 2.45) is 0 Å². The molecule has 0 aromatic carbocycles. The first-order valence-electron chi connectivity index (χ1n) is 5.39. The molecule has 5 nitrogen and oxygen atoms in total. The first kappa shape index (κ1) is 15.2. The van der Waals surface area contributed by atoms with Gasteiger partial charge in [0.25, 0.3) is 0 Å². The molecule has 0 fully saturated rings. The summed E-state index contributed by atoms with van der Waals surface area (Å²) in [5.41, 5.74) is 0. The Morgan fingerprint density at radius 1 is 0.824 bits per heavy atom. The van der Waals surface area contributed by atoms with Crippen molar-refractivity contribution in [3.05, 3.63) is 24.7 Å². The van der Waals surface area contributed by atoms with Gasteiger partial charge in [0, 0.05) is 25.7 Å². The van der Waals surface area contributed by atoms with Crippen LogP contribution in [0.3, 0.4) is 0 Å². The largest absolute Gasteiger partial charge is 0.481 e. The molecule has 2 N–H and O–H groups in total. The first-order valence-corrected chi connectivity index (χ1v) is 5.39. The lowest BCUT2D eigenvalue weighted by Gasteiger charge is -2.10. The maximum atomic E-state index is 10.3. The number of hydrogen-bond acceptors (Lipinski definition) is 3. The van der Waals surface area contributed by atoms with Crippen LogP contribution in [0, 0.1) is 0 Å². The van der Waals surface area contributed by atoms with E-state index in [4.69, 9.17) is 14.9 Å². The van der Waals surface area contributed by atoms with Crippen LogP contribution in [0.25, 0.3) is 0 Å². The van der Waals surface area contributed by atoms with E-state index < -0.39 is 11.9 Å². The SMILES string of the molecule is C=C(CCCC(=O)O)OC(=C)CCCC(=O)O. The van der Waals surface area contributed by atoms with Crippen LogP contribution in [-0.2, 0) is 14.3 Å². The fourth-order valence-electron chi connectivity index (χ4n) is 1.18. The number of rotatable bonds is 10. The molecule has 0 aliphatic carbocycles. The lowest BCUT2D eigenvalue weighted by atomic mass is 10.2. The molecule has 0 radical (unpaired) electrons. The van der Waals surface area contributed by atoms with Gasteiger partial charge in [-0.3, -0.25) is 9.59 Å². The summed E-state index contributed by atoms with van der Waals surface area (Å²) in [4.78, 5) is 20.5. The van der Waals surface area contributed by atoms with Gasteiger partial charge in [0.05, 0.1) is 11.5 Å². The third kappa shape index (κ3) is 10.5. The molecule has 0 spiro atoms. The van der Waals surface area contributed by atoms with Crippen molar-refractivity contribution in [2.45, 2.75) is 38.5 Å². The molecule has 17 heavy (non-hydrogen) atoms. The van der Waals surface area contributed by atoms with Gasteiger partial charge < -0.3 is 14.9 Å². The van der Waals surface area contributed by atoms with E-state index in [0.29, 0.717) is 37.2 Å². The highest BCUT2D eigenvalue weighted by atomic mass is 16.5. The molecule has 0 unspecified atom stereocenters. The van der Waals surface area contributed by atoms with Crippen molar-refractivity contribution in [3.63, 3.8) is 0 Å². The van der Waals surface area contributed by atoms with Gasteiger partial charge in [-0.25, -0.2) is 0 Å². The summed E-state index contributed by atoms with van der Waals surface area (Å²) in [6.07, 6.45) is 2.02. The van der Waals surface area contributed by atoms with E-state index >= 15 is 0 Å². The lowest BCUT2D eigenvalue weighted by molar-refractivity contribution is -0.138. The van der Waals surface area contributed by atoms with E-state index in [1.54, 1.807) is 0 Å². The smallest absolute Gasteiger partial charge is 0.303 e. The topological polar surface area (TPSA) is 83.8 Å². The van der Waals surface area contributed by atoms with Crippen LogP contribution in [0.2, 0.25) is 0 Å². The Bertz CT molecular complexity index is 276. The third-order valence-electron chi connectivity index (χ3n) is 1.98. The molecule has 0 rings (SSSR count). The van der Waals surface area contributed by atoms with E-state index in [-0.39, 0.29) is 12.8 Å². The number of allylic oxidation sites excluding steroid dienone is 2. The summed E-state index contributed by atoms with van der Waals surface area (Å²) < 4.78 is 5.24. The zero-order chi connectivity index (χ0) is 13.3. The first-order chi connectivity index (χ1) is 7.91. The Balaban J connectivity index is 3.62. The van der Waals surface area contributed by atoms with E-state index in [1.807, 2.05) is 0 Å².